The summed E-state index contributed by atoms with van der Waals surface area (Å²) >= 11 is 0. The van der Waals surface area contributed by atoms with E-state index in [1.165, 1.54) is 17.5 Å². The van der Waals surface area contributed by atoms with Crippen LogP contribution in [0.15, 0.2) is 84.9 Å². The van der Waals surface area contributed by atoms with E-state index in [2.05, 4.69) is 31.2 Å². The van der Waals surface area contributed by atoms with Gasteiger partial charge in [0.05, 0.1) is 19.3 Å². The molecular weight excluding hydrogens is 582 g/mol. The van der Waals surface area contributed by atoms with Crippen LogP contribution < -0.4 is 4.74 Å². The molecule has 3 aromatic rings. The van der Waals surface area contributed by atoms with Gasteiger partial charge in [-0.05, 0) is 53.4 Å². The van der Waals surface area contributed by atoms with Crippen LogP contribution in [0.25, 0.3) is 11.1 Å². The van der Waals surface area contributed by atoms with E-state index in [0.29, 0.717) is 5.75 Å². The summed E-state index contributed by atoms with van der Waals surface area (Å²) in [4.78, 5) is 47.5. The van der Waals surface area contributed by atoms with Crippen molar-refractivity contribution in [3.63, 3.8) is 0 Å². The highest BCUT2D eigenvalue weighted by atomic mass is 16.6. The minimum absolute atomic E-state index is 0.0905. The fraction of sp³-hybridized carbons (Fsp3) is 0.294. The van der Waals surface area contributed by atoms with E-state index < -0.39 is 55.0 Å². The van der Waals surface area contributed by atoms with Crippen LogP contribution in [0.3, 0.4) is 0 Å². The zero-order valence-corrected chi connectivity index (χ0v) is 25.1. The molecule has 3 aromatic carbocycles. The number of carboxylic acid groups (broad SMARTS) is 3. The first-order valence-corrected chi connectivity index (χ1v) is 14.3. The Morgan fingerprint density at radius 2 is 1.33 bits per heavy atom. The van der Waals surface area contributed by atoms with Crippen molar-refractivity contribution in [3.05, 3.63) is 102 Å². The van der Waals surface area contributed by atoms with Gasteiger partial charge in [0, 0.05) is 6.54 Å². The molecule has 2 atom stereocenters. The van der Waals surface area contributed by atoms with Crippen LogP contribution in [0.5, 0.6) is 5.75 Å². The predicted octanol–water partition coefficient (Wildman–Crippen LogP) is 4.39. The first-order chi connectivity index (χ1) is 21.4. The Morgan fingerprint density at radius 3 is 1.84 bits per heavy atom. The van der Waals surface area contributed by atoms with Gasteiger partial charge in [-0.1, -0.05) is 79.7 Å². The van der Waals surface area contributed by atoms with Gasteiger partial charge in [-0.3, -0.25) is 19.3 Å². The van der Waals surface area contributed by atoms with Gasteiger partial charge in [0.15, 0.2) is 11.8 Å². The van der Waals surface area contributed by atoms with Gasteiger partial charge in [0.2, 0.25) is 0 Å². The van der Waals surface area contributed by atoms with Crippen molar-refractivity contribution in [2.24, 2.45) is 0 Å². The van der Waals surface area contributed by atoms with E-state index in [-0.39, 0.29) is 13.2 Å². The predicted molar refractivity (Wildman–Crippen MR) is 165 cm³/mol. The number of ether oxygens (including phenoxy) is 2. The molecule has 11 nitrogen and oxygen atoms in total. The first-order valence-electron chi connectivity index (χ1n) is 14.3. The third kappa shape index (κ3) is 10.0. The van der Waals surface area contributed by atoms with Gasteiger partial charge in [-0.15, -0.1) is 0 Å². The van der Waals surface area contributed by atoms with Gasteiger partial charge >= 0.3 is 23.9 Å². The molecule has 0 aliphatic carbocycles. The second-order valence-corrected chi connectivity index (χ2v) is 10.4. The topological polar surface area (TPSA) is 171 Å². The summed E-state index contributed by atoms with van der Waals surface area (Å²) in [6.07, 6.45) is -3.57. The number of hydrogen-bond acceptors (Lipinski definition) is 8. The number of esters is 1. The average molecular weight is 620 g/mol. The van der Waals surface area contributed by atoms with Crippen molar-refractivity contribution in [1.82, 2.24) is 4.90 Å². The molecule has 11 heteroatoms. The molecule has 45 heavy (non-hydrogen) atoms. The number of allylic oxidation sites excluding steroid dienone is 1. The van der Waals surface area contributed by atoms with Gasteiger partial charge in [-0.25, -0.2) is 4.79 Å². The molecular formula is C34H37NO10. The van der Waals surface area contributed by atoms with Crippen LogP contribution in [0.1, 0.15) is 49.3 Å². The molecule has 238 valence electrons. The second kappa shape index (κ2) is 16.2. The summed E-state index contributed by atoms with van der Waals surface area (Å²) in [5, 5.41) is 37.5. The number of aliphatic carboxylic acids is 3. The number of nitrogens with zero attached hydrogens (tertiary/aromatic N) is 1. The van der Waals surface area contributed by atoms with Gasteiger partial charge in [-0.2, -0.15) is 0 Å². The van der Waals surface area contributed by atoms with Gasteiger partial charge < -0.3 is 29.9 Å². The number of aliphatic hydroxyl groups is 1. The molecule has 0 aromatic heterocycles. The lowest BCUT2D eigenvalue weighted by Gasteiger charge is -2.28. The number of carbonyl (C=O) groups is 4. The van der Waals surface area contributed by atoms with E-state index in [1.807, 2.05) is 60.7 Å². The van der Waals surface area contributed by atoms with Crippen LogP contribution in [-0.4, -0.2) is 81.2 Å². The molecule has 0 aliphatic rings. The Labute approximate surface area is 261 Å². The summed E-state index contributed by atoms with van der Waals surface area (Å²) < 4.78 is 11.0. The molecule has 0 amide bonds. The van der Waals surface area contributed by atoms with E-state index in [0.717, 1.165) is 28.7 Å². The molecule has 0 saturated heterocycles. The van der Waals surface area contributed by atoms with Gasteiger partial charge in [0.25, 0.3) is 0 Å². The Bertz CT molecular complexity index is 1490. The fourth-order valence-corrected chi connectivity index (χ4v) is 4.79. The number of carbonyl (C=O) groups excluding carboxylic acids is 1. The molecule has 2 unspecified atom stereocenters. The van der Waals surface area contributed by atoms with Crippen LogP contribution in [0.2, 0.25) is 0 Å². The molecule has 0 saturated carbocycles. The smallest absolute Gasteiger partial charge is 0.336 e. The average Bonchev–Trinajstić information content (AvgIpc) is 3.00. The molecule has 0 aliphatic heterocycles. The fourth-order valence-electron chi connectivity index (χ4n) is 4.79. The molecule has 0 radical (unpaired) electrons. The first kappa shape index (κ1) is 34.5. The molecule has 0 bridgehead atoms. The highest BCUT2D eigenvalue weighted by Gasteiger charge is 2.42. The van der Waals surface area contributed by atoms with Crippen LogP contribution in [0.4, 0.5) is 0 Å². The largest absolute Gasteiger partial charge is 0.492 e. The maximum absolute atomic E-state index is 12.4. The van der Waals surface area contributed by atoms with Crippen LogP contribution >= 0.6 is 0 Å². The highest BCUT2D eigenvalue weighted by Crippen LogP contribution is 2.35. The molecule has 0 heterocycles. The summed E-state index contributed by atoms with van der Waals surface area (Å²) in [6.45, 7) is 2.33. The summed E-state index contributed by atoms with van der Waals surface area (Å²) in [5.41, 5.74) is 2.61. The Kier molecular flexibility index (Phi) is 12.4. The molecule has 0 fully saturated rings. The summed E-state index contributed by atoms with van der Waals surface area (Å²) in [7, 11) is 1.49. The third-order valence-corrected chi connectivity index (χ3v) is 7.08. The van der Waals surface area contributed by atoms with E-state index in [4.69, 9.17) is 14.6 Å². The Balaban J connectivity index is 1.70. The van der Waals surface area contributed by atoms with Crippen molar-refractivity contribution in [3.8, 4) is 5.75 Å². The Morgan fingerprint density at radius 1 is 0.778 bits per heavy atom. The number of rotatable bonds is 17. The normalized spacial score (nSPS) is 13.7. The third-order valence-electron chi connectivity index (χ3n) is 7.08. The standard InChI is InChI=1S/C34H37NO10/c1-3-27(23-10-6-4-7-11-23)32(24-12-8-5-9-13-24)25-14-16-26(17-15-25)44-19-18-35(2)28(20-29(36)37)45-31(40)22-34(43,33(41)42)21-30(38)39/h4-17,28,43H,3,18-22H2,1-2H3,(H,36,37)(H,38,39)(H,41,42)/b32-27-. The zero-order valence-electron chi connectivity index (χ0n) is 25.1. The number of carboxylic acids is 3. The van der Waals surface area contributed by atoms with Crippen LogP contribution in [-0.2, 0) is 23.9 Å². The minimum Gasteiger partial charge on any atom is -0.492 e. The zero-order chi connectivity index (χ0) is 33.0. The molecule has 3 rings (SSSR count). The molecule has 0 spiro atoms. The summed E-state index contributed by atoms with van der Waals surface area (Å²) in [6, 6.07) is 27.9. The number of hydrogen-bond donors (Lipinski definition) is 4. The Hall–Kier alpha value is -5.00. The van der Waals surface area contributed by atoms with E-state index in [1.54, 1.807) is 0 Å². The number of likely N-dealkylation sites (N-methyl/N-ethyl adjacent to an activating group) is 1. The SMILES string of the molecule is CC/C(=C(\c1ccccc1)c1ccc(OCCN(C)C(CC(=O)O)OC(=O)CC(O)(CC(=O)O)C(=O)O)cc1)c1ccccc1. The maximum Gasteiger partial charge on any atom is 0.336 e. The van der Waals surface area contributed by atoms with E-state index in [9.17, 15) is 34.5 Å². The lowest BCUT2D eigenvalue weighted by molar-refractivity contribution is -0.178. The minimum atomic E-state index is -2.90. The van der Waals surface area contributed by atoms with Gasteiger partial charge in [0.1, 0.15) is 12.4 Å². The number of benzene rings is 3. The quantitative estimate of drug-likeness (QED) is 0.0960. The molecule has 4 N–H and O–H groups in total. The highest BCUT2D eigenvalue weighted by molar-refractivity contribution is 5.98. The van der Waals surface area contributed by atoms with E-state index >= 15 is 0 Å². The lowest BCUT2D eigenvalue weighted by Crippen LogP contribution is -2.45. The second-order valence-electron chi connectivity index (χ2n) is 10.4. The monoisotopic (exact) mass is 619 g/mol. The van der Waals surface area contributed by atoms with Crippen LogP contribution in [0, 0.1) is 0 Å². The maximum atomic E-state index is 12.4. The van der Waals surface area contributed by atoms with Crippen molar-refractivity contribution in [2.75, 3.05) is 20.2 Å². The van der Waals surface area contributed by atoms with Crippen molar-refractivity contribution >= 4 is 35.0 Å². The van der Waals surface area contributed by atoms with Crippen molar-refractivity contribution in [2.45, 2.75) is 44.4 Å². The van der Waals surface area contributed by atoms with Crippen molar-refractivity contribution < 1.29 is 49.1 Å². The lowest BCUT2D eigenvalue weighted by atomic mass is 9.88. The summed E-state index contributed by atoms with van der Waals surface area (Å²) in [5.74, 6) is -5.54. The van der Waals surface area contributed by atoms with Crippen molar-refractivity contribution in [1.29, 1.82) is 0 Å².